The van der Waals surface area contributed by atoms with Gasteiger partial charge in [0.1, 0.15) is 5.75 Å². The zero-order chi connectivity index (χ0) is 20.5. The predicted octanol–water partition coefficient (Wildman–Crippen LogP) is 3.04. The van der Waals surface area contributed by atoms with Crippen LogP contribution in [0.25, 0.3) is 12.2 Å². The predicted molar refractivity (Wildman–Crippen MR) is 103 cm³/mol. The van der Waals surface area contributed by atoms with E-state index in [9.17, 15) is 24.9 Å². The van der Waals surface area contributed by atoms with Gasteiger partial charge in [0, 0.05) is 12.7 Å². The number of rotatable bonds is 9. The van der Waals surface area contributed by atoms with Crippen molar-refractivity contribution in [2.75, 3.05) is 13.9 Å². The number of hydrogen-bond acceptors (Lipinski definition) is 7. The molecule has 7 heteroatoms. The van der Waals surface area contributed by atoms with Crippen molar-refractivity contribution < 1.29 is 34.4 Å². The summed E-state index contributed by atoms with van der Waals surface area (Å²) in [6.45, 7) is -0.160. The van der Waals surface area contributed by atoms with Crippen molar-refractivity contribution in [3.05, 3.63) is 59.7 Å². The van der Waals surface area contributed by atoms with E-state index >= 15 is 0 Å². The zero-order valence-corrected chi connectivity index (χ0v) is 15.2. The number of methoxy groups -OCH3 is 1. The Morgan fingerprint density at radius 2 is 1.57 bits per heavy atom. The first-order valence-corrected chi connectivity index (χ1v) is 8.28. The number of hydrogen-bond donors (Lipinski definition) is 3. The summed E-state index contributed by atoms with van der Waals surface area (Å²) < 4.78 is 9.99. The molecule has 0 saturated carbocycles. The highest BCUT2D eigenvalue weighted by molar-refractivity contribution is 6.11. The molecule has 28 heavy (non-hydrogen) atoms. The molecule has 0 amide bonds. The van der Waals surface area contributed by atoms with E-state index in [-0.39, 0.29) is 36.2 Å². The Bertz CT molecular complexity index is 896. The van der Waals surface area contributed by atoms with E-state index in [2.05, 4.69) is 0 Å². The minimum Gasteiger partial charge on any atom is -0.508 e. The number of ketones is 2. The first-order valence-electron chi connectivity index (χ1n) is 8.28. The molecule has 0 aliphatic rings. The Balaban J connectivity index is 2.02. The van der Waals surface area contributed by atoms with Crippen LogP contribution in [0.1, 0.15) is 17.5 Å². The van der Waals surface area contributed by atoms with E-state index in [1.807, 2.05) is 0 Å². The molecule has 3 N–H and O–H groups in total. The number of aromatic hydroxyl groups is 3. The van der Waals surface area contributed by atoms with Gasteiger partial charge in [-0.1, -0.05) is 18.2 Å². The molecule has 0 heterocycles. The van der Waals surface area contributed by atoms with Crippen LogP contribution in [0, 0.1) is 0 Å². The summed E-state index contributed by atoms with van der Waals surface area (Å²) in [4.78, 5) is 23.9. The molecular formula is C21H20O7. The van der Waals surface area contributed by atoms with E-state index in [1.54, 1.807) is 18.2 Å². The molecule has 2 aromatic carbocycles. The fourth-order valence-corrected chi connectivity index (χ4v) is 2.22. The lowest BCUT2D eigenvalue weighted by atomic mass is 10.1. The van der Waals surface area contributed by atoms with Gasteiger partial charge in [0.25, 0.3) is 0 Å². The highest BCUT2D eigenvalue weighted by Crippen LogP contribution is 2.38. The summed E-state index contributed by atoms with van der Waals surface area (Å²) in [5.74, 6) is -1.58. The summed E-state index contributed by atoms with van der Waals surface area (Å²) in [5, 5.41) is 28.7. The molecule has 7 nitrogen and oxygen atoms in total. The molecule has 0 aromatic heterocycles. The molecule has 0 bridgehead atoms. The number of phenolic OH excluding ortho intramolecular Hbond substituents is 3. The Labute approximate surface area is 161 Å². The first-order chi connectivity index (χ1) is 13.4. The molecule has 2 rings (SSSR count). The molecule has 0 saturated heterocycles. The van der Waals surface area contributed by atoms with Gasteiger partial charge in [-0.15, -0.1) is 0 Å². The molecule has 0 fully saturated rings. The van der Waals surface area contributed by atoms with Crippen molar-refractivity contribution >= 4 is 23.7 Å². The van der Waals surface area contributed by atoms with Crippen molar-refractivity contribution in [3.63, 3.8) is 0 Å². The molecule has 0 atom stereocenters. The van der Waals surface area contributed by atoms with Gasteiger partial charge < -0.3 is 24.8 Å². The SMILES string of the molecule is COCOc1c(C=CC(=O)CC(=O)C=Cc2ccc(O)cc2)ccc(O)c1O. The Kier molecular flexibility index (Phi) is 7.36. The second-order valence-electron chi connectivity index (χ2n) is 5.77. The van der Waals surface area contributed by atoms with Crippen molar-refractivity contribution in [2.24, 2.45) is 0 Å². The van der Waals surface area contributed by atoms with Gasteiger partial charge in [-0.25, -0.2) is 0 Å². The summed E-state index contributed by atoms with van der Waals surface area (Å²) in [6.07, 6.45) is 5.08. The van der Waals surface area contributed by atoms with Gasteiger partial charge in [-0.05, 0) is 48.1 Å². The topological polar surface area (TPSA) is 113 Å². The summed E-state index contributed by atoms with van der Waals surface area (Å²) in [7, 11) is 1.40. The third kappa shape index (κ3) is 6.00. The lowest BCUT2D eigenvalue weighted by molar-refractivity contribution is -0.121. The molecule has 146 valence electrons. The number of benzene rings is 2. The Hall–Kier alpha value is -3.58. The standard InChI is InChI=1S/C21H20O7/c1-27-13-28-21-15(6-11-19(25)20(21)26)5-10-18(24)12-17(23)9-4-14-2-7-16(22)8-3-14/h2-11,22,25-26H,12-13H2,1H3. The van der Waals surface area contributed by atoms with Gasteiger partial charge in [0.2, 0.25) is 5.75 Å². The second-order valence-corrected chi connectivity index (χ2v) is 5.77. The Morgan fingerprint density at radius 1 is 0.929 bits per heavy atom. The summed E-state index contributed by atoms with van der Waals surface area (Å²) in [5.41, 5.74) is 1.06. The molecule has 2 aromatic rings. The first kappa shape index (κ1) is 20.7. The largest absolute Gasteiger partial charge is 0.508 e. The van der Waals surface area contributed by atoms with Crippen LogP contribution in [0.5, 0.6) is 23.0 Å². The quantitative estimate of drug-likeness (QED) is 0.264. The van der Waals surface area contributed by atoms with Crippen LogP contribution < -0.4 is 4.74 Å². The molecule has 0 unspecified atom stereocenters. The average molecular weight is 384 g/mol. The van der Waals surface area contributed by atoms with Crippen LogP contribution in [0.4, 0.5) is 0 Å². The van der Waals surface area contributed by atoms with Crippen LogP contribution in [-0.2, 0) is 14.3 Å². The number of carbonyl (C=O) groups excluding carboxylic acids is 2. The van der Waals surface area contributed by atoms with E-state index in [4.69, 9.17) is 9.47 Å². The third-order valence-electron chi connectivity index (χ3n) is 3.61. The van der Waals surface area contributed by atoms with Crippen molar-refractivity contribution in [1.29, 1.82) is 0 Å². The van der Waals surface area contributed by atoms with Crippen LogP contribution in [0.2, 0.25) is 0 Å². The van der Waals surface area contributed by atoms with Crippen molar-refractivity contribution in [1.82, 2.24) is 0 Å². The van der Waals surface area contributed by atoms with Crippen LogP contribution >= 0.6 is 0 Å². The fraction of sp³-hybridized carbons (Fsp3) is 0.143. The van der Waals surface area contributed by atoms with Gasteiger partial charge >= 0.3 is 0 Å². The lowest BCUT2D eigenvalue weighted by Gasteiger charge is -2.11. The molecule has 0 aliphatic heterocycles. The third-order valence-corrected chi connectivity index (χ3v) is 3.61. The lowest BCUT2D eigenvalue weighted by Crippen LogP contribution is -2.03. The van der Waals surface area contributed by atoms with E-state index in [0.29, 0.717) is 11.1 Å². The number of ether oxygens (including phenoxy) is 2. The average Bonchev–Trinajstić information content (AvgIpc) is 2.67. The fourth-order valence-electron chi connectivity index (χ4n) is 2.22. The number of allylic oxidation sites excluding steroid dienone is 2. The second kappa shape index (κ2) is 9.94. The highest BCUT2D eigenvalue weighted by atomic mass is 16.7. The molecule has 0 radical (unpaired) electrons. The summed E-state index contributed by atoms with van der Waals surface area (Å²) in [6, 6.07) is 8.98. The van der Waals surface area contributed by atoms with Gasteiger partial charge in [-0.2, -0.15) is 0 Å². The van der Waals surface area contributed by atoms with Crippen LogP contribution in [0.15, 0.2) is 48.6 Å². The minimum atomic E-state index is -0.473. The Morgan fingerprint density at radius 3 is 2.21 bits per heavy atom. The van der Waals surface area contributed by atoms with E-state index < -0.39 is 11.5 Å². The number of carbonyl (C=O) groups is 2. The van der Waals surface area contributed by atoms with Gasteiger partial charge in [0.15, 0.2) is 29.9 Å². The molecule has 0 spiro atoms. The zero-order valence-electron chi connectivity index (χ0n) is 15.2. The van der Waals surface area contributed by atoms with Gasteiger partial charge in [-0.3, -0.25) is 9.59 Å². The van der Waals surface area contributed by atoms with Gasteiger partial charge in [0.05, 0.1) is 6.42 Å². The van der Waals surface area contributed by atoms with Crippen LogP contribution in [0.3, 0.4) is 0 Å². The molecular weight excluding hydrogens is 364 g/mol. The van der Waals surface area contributed by atoms with Crippen molar-refractivity contribution in [2.45, 2.75) is 6.42 Å². The smallest absolute Gasteiger partial charge is 0.201 e. The molecule has 0 aliphatic carbocycles. The minimum absolute atomic E-state index is 0.0375. The maximum atomic E-state index is 12.0. The number of phenols is 3. The van der Waals surface area contributed by atoms with Crippen LogP contribution in [-0.4, -0.2) is 40.8 Å². The monoisotopic (exact) mass is 384 g/mol. The highest BCUT2D eigenvalue weighted by Gasteiger charge is 2.13. The van der Waals surface area contributed by atoms with E-state index in [0.717, 1.165) is 0 Å². The normalized spacial score (nSPS) is 11.2. The summed E-state index contributed by atoms with van der Waals surface area (Å²) >= 11 is 0. The maximum Gasteiger partial charge on any atom is 0.201 e. The van der Waals surface area contributed by atoms with E-state index in [1.165, 1.54) is 49.6 Å². The maximum absolute atomic E-state index is 12.0. The van der Waals surface area contributed by atoms with Crippen molar-refractivity contribution in [3.8, 4) is 23.0 Å².